The van der Waals surface area contributed by atoms with Crippen molar-refractivity contribution in [2.24, 2.45) is 0 Å². The van der Waals surface area contributed by atoms with E-state index in [0.29, 0.717) is 13.0 Å². The first kappa shape index (κ1) is 16.6. The van der Waals surface area contributed by atoms with Gasteiger partial charge in [-0.15, -0.1) is 11.3 Å². The number of benzene rings is 1. The van der Waals surface area contributed by atoms with E-state index in [9.17, 15) is 4.79 Å². The second kappa shape index (κ2) is 7.51. The van der Waals surface area contributed by atoms with Gasteiger partial charge < -0.3 is 10.4 Å². The summed E-state index contributed by atoms with van der Waals surface area (Å²) in [6.07, 6.45) is 1.33. The average Bonchev–Trinajstić information content (AvgIpc) is 2.91. The molecule has 0 aliphatic carbocycles. The normalized spacial score (nSPS) is 12.3. The Balaban J connectivity index is 1.98. The number of carboxylic acids is 1. The highest BCUT2D eigenvalue weighted by Gasteiger charge is 2.14. The second-order valence-corrected chi connectivity index (χ2v) is 6.39. The molecule has 0 aliphatic heterocycles. The number of rotatable bonds is 7. The molecule has 2 rings (SSSR count). The standard InChI is InChI=1S/C17H22N2O2S/c1-4-14(17(20)21)18-8-7-16-19-15(10-22-16)13-6-5-11(2)9-12(13)3/h5-6,9-10,14,18H,4,7-8H2,1-3H3,(H,20,21). The van der Waals surface area contributed by atoms with E-state index in [1.807, 2.05) is 6.92 Å². The number of aliphatic carboxylic acids is 1. The maximum absolute atomic E-state index is 11.0. The molecule has 0 saturated heterocycles. The molecule has 1 atom stereocenters. The summed E-state index contributed by atoms with van der Waals surface area (Å²) in [6, 6.07) is 5.90. The van der Waals surface area contributed by atoms with E-state index >= 15 is 0 Å². The van der Waals surface area contributed by atoms with Gasteiger partial charge in [0.15, 0.2) is 0 Å². The molecule has 0 bridgehead atoms. The Morgan fingerprint density at radius 3 is 2.82 bits per heavy atom. The lowest BCUT2D eigenvalue weighted by atomic mass is 10.0. The van der Waals surface area contributed by atoms with E-state index in [0.717, 1.165) is 22.7 Å². The summed E-state index contributed by atoms with van der Waals surface area (Å²) in [7, 11) is 0. The molecule has 0 aliphatic rings. The van der Waals surface area contributed by atoms with E-state index in [2.05, 4.69) is 47.7 Å². The summed E-state index contributed by atoms with van der Waals surface area (Å²) >= 11 is 1.63. The molecule has 0 amide bonds. The van der Waals surface area contributed by atoms with Crippen LogP contribution in [0.3, 0.4) is 0 Å². The minimum atomic E-state index is -0.794. The van der Waals surface area contributed by atoms with Crippen molar-refractivity contribution in [3.63, 3.8) is 0 Å². The van der Waals surface area contributed by atoms with E-state index < -0.39 is 12.0 Å². The molecule has 5 heteroatoms. The third-order valence-corrected chi connectivity index (χ3v) is 4.55. The fraction of sp³-hybridized carbons (Fsp3) is 0.412. The van der Waals surface area contributed by atoms with Gasteiger partial charge in [-0.1, -0.05) is 30.7 Å². The van der Waals surface area contributed by atoms with Gasteiger partial charge in [0, 0.05) is 23.9 Å². The Labute approximate surface area is 135 Å². The number of carbonyl (C=O) groups is 1. The Bertz CT molecular complexity index is 652. The fourth-order valence-electron chi connectivity index (χ4n) is 2.41. The summed E-state index contributed by atoms with van der Waals surface area (Å²) in [5, 5.41) is 15.2. The first-order valence-corrected chi connectivity index (χ1v) is 8.37. The molecule has 0 radical (unpaired) electrons. The van der Waals surface area contributed by atoms with Crippen LogP contribution in [0.1, 0.15) is 29.5 Å². The smallest absolute Gasteiger partial charge is 0.320 e. The van der Waals surface area contributed by atoms with Gasteiger partial charge in [0.1, 0.15) is 6.04 Å². The number of aromatic nitrogens is 1. The van der Waals surface area contributed by atoms with Gasteiger partial charge in [-0.25, -0.2) is 4.98 Å². The topological polar surface area (TPSA) is 62.2 Å². The zero-order valence-electron chi connectivity index (χ0n) is 13.2. The van der Waals surface area contributed by atoms with Crippen LogP contribution in [0.2, 0.25) is 0 Å². The predicted octanol–water partition coefficient (Wildman–Crippen LogP) is 3.42. The van der Waals surface area contributed by atoms with Crippen LogP contribution in [0.5, 0.6) is 0 Å². The molecule has 118 valence electrons. The quantitative estimate of drug-likeness (QED) is 0.821. The molecule has 1 heterocycles. The van der Waals surface area contributed by atoms with Crippen molar-refractivity contribution in [1.82, 2.24) is 10.3 Å². The molecule has 0 saturated carbocycles. The minimum Gasteiger partial charge on any atom is -0.480 e. The second-order valence-electron chi connectivity index (χ2n) is 5.45. The lowest BCUT2D eigenvalue weighted by molar-refractivity contribution is -0.139. The van der Waals surface area contributed by atoms with Gasteiger partial charge in [0.25, 0.3) is 0 Å². The van der Waals surface area contributed by atoms with Crippen molar-refractivity contribution in [3.8, 4) is 11.3 Å². The molecule has 2 aromatic rings. The molecule has 2 N–H and O–H groups in total. The largest absolute Gasteiger partial charge is 0.480 e. The van der Waals surface area contributed by atoms with Crippen molar-refractivity contribution in [2.45, 2.75) is 39.7 Å². The van der Waals surface area contributed by atoms with Gasteiger partial charge in [0.2, 0.25) is 0 Å². The summed E-state index contributed by atoms with van der Waals surface area (Å²) in [5.41, 5.74) is 4.65. The Morgan fingerprint density at radius 2 is 2.18 bits per heavy atom. The highest BCUT2D eigenvalue weighted by Crippen LogP contribution is 2.25. The summed E-state index contributed by atoms with van der Waals surface area (Å²) in [6.45, 7) is 6.68. The lowest BCUT2D eigenvalue weighted by Crippen LogP contribution is -2.37. The van der Waals surface area contributed by atoms with Crippen molar-refractivity contribution >= 4 is 17.3 Å². The predicted molar refractivity (Wildman–Crippen MR) is 90.4 cm³/mol. The maximum Gasteiger partial charge on any atom is 0.320 e. The number of aryl methyl sites for hydroxylation is 2. The molecule has 4 nitrogen and oxygen atoms in total. The van der Waals surface area contributed by atoms with Crippen LogP contribution in [0, 0.1) is 13.8 Å². The van der Waals surface area contributed by atoms with E-state index in [1.54, 1.807) is 11.3 Å². The van der Waals surface area contributed by atoms with Crippen LogP contribution in [-0.4, -0.2) is 28.6 Å². The number of hydrogen-bond donors (Lipinski definition) is 2. The van der Waals surface area contributed by atoms with E-state index in [4.69, 9.17) is 5.11 Å². The molecule has 1 aromatic heterocycles. The van der Waals surface area contributed by atoms with Crippen LogP contribution in [0.15, 0.2) is 23.6 Å². The van der Waals surface area contributed by atoms with Gasteiger partial charge in [-0.05, 0) is 25.8 Å². The van der Waals surface area contributed by atoms with E-state index in [-0.39, 0.29) is 0 Å². The highest BCUT2D eigenvalue weighted by molar-refractivity contribution is 7.09. The van der Waals surface area contributed by atoms with Crippen LogP contribution in [0.4, 0.5) is 0 Å². The van der Waals surface area contributed by atoms with Crippen molar-refractivity contribution < 1.29 is 9.90 Å². The maximum atomic E-state index is 11.0. The Hall–Kier alpha value is -1.72. The molecule has 22 heavy (non-hydrogen) atoms. The summed E-state index contributed by atoms with van der Waals surface area (Å²) in [5.74, 6) is -0.794. The number of carboxylic acid groups (broad SMARTS) is 1. The Kier molecular flexibility index (Phi) is 5.69. The number of hydrogen-bond acceptors (Lipinski definition) is 4. The minimum absolute atomic E-state index is 0.473. The van der Waals surface area contributed by atoms with Gasteiger partial charge >= 0.3 is 5.97 Å². The third-order valence-electron chi connectivity index (χ3n) is 3.65. The van der Waals surface area contributed by atoms with Gasteiger partial charge in [-0.3, -0.25) is 4.79 Å². The molecule has 0 spiro atoms. The van der Waals surface area contributed by atoms with Crippen LogP contribution >= 0.6 is 11.3 Å². The van der Waals surface area contributed by atoms with Crippen molar-refractivity contribution in [1.29, 1.82) is 0 Å². The molecule has 0 fully saturated rings. The zero-order valence-corrected chi connectivity index (χ0v) is 14.0. The zero-order chi connectivity index (χ0) is 16.1. The number of nitrogens with zero attached hydrogens (tertiary/aromatic N) is 1. The Morgan fingerprint density at radius 1 is 1.41 bits per heavy atom. The lowest BCUT2D eigenvalue weighted by Gasteiger charge is -2.10. The van der Waals surface area contributed by atoms with Gasteiger partial charge in [-0.2, -0.15) is 0 Å². The van der Waals surface area contributed by atoms with Gasteiger partial charge in [0.05, 0.1) is 10.7 Å². The summed E-state index contributed by atoms with van der Waals surface area (Å²) in [4.78, 5) is 15.6. The average molecular weight is 318 g/mol. The highest BCUT2D eigenvalue weighted by atomic mass is 32.1. The summed E-state index contributed by atoms with van der Waals surface area (Å²) < 4.78 is 0. The first-order chi connectivity index (χ1) is 10.5. The van der Waals surface area contributed by atoms with Crippen LogP contribution < -0.4 is 5.32 Å². The molecule has 1 aromatic carbocycles. The van der Waals surface area contributed by atoms with Crippen molar-refractivity contribution in [2.75, 3.05) is 6.54 Å². The first-order valence-electron chi connectivity index (χ1n) is 7.49. The van der Waals surface area contributed by atoms with Crippen LogP contribution in [0.25, 0.3) is 11.3 Å². The fourth-order valence-corrected chi connectivity index (χ4v) is 3.21. The van der Waals surface area contributed by atoms with Crippen LogP contribution in [-0.2, 0) is 11.2 Å². The monoisotopic (exact) mass is 318 g/mol. The molecule has 1 unspecified atom stereocenters. The number of nitrogens with one attached hydrogen (secondary N) is 1. The van der Waals surface area contributed by atoms with E-state index in [1.165, 1.54) is 11.1 Å². The number of thiazole rings is 1. The van der Waals surface area contributed by atoms with Crippen molar-refractivity contribution in [3.05, 3.63) is 39.7 Å². The molecular formula is C17H22N2O2S. The molecular weight excluding hydrogens is 296 g/mol. The third kappa shape index (κ3) is 4.15. The SMILES string of the molecule is CCC(NCCc1nc(-c2ccc(C)cc2C)cs1)C(=O)O.